The molecule has 3 heterocycles. The molecule has 1 fully saturated rings. The van der Waals surface area contributed by atoms with Gasteiger partial charge in [-0.15, -0.1) is 11.8 Å². The van der Waals surface area contributed by atoms with E-state index in [4.69, 9.17) is 4.74 Å². The Bertz CT molecular complexity index is 1290. The van der Waals surface area contributed by atoms with Gasteiger partial charge in [0.05, 0.1) is 18.7 Å². The number of benzene rings is 2. The number of amides is 1. The molecule has 2 aromatic carbocycles. The molecule has 1 aliphatic rings. The molecule has 180 valence electrons. The summed E-state index contributed by atoms with van der Waals surface area (Å²) in [4.78, 5) is 19.5. The number of nitrogens with zero attached hydrogens (tertiary/aromatic N) is 3. The largest absolute Gasteiger partial charge is 0.378 e. The highest BCUT2D eigenvalue weighted by molar-refractivity contribution is 7.98. The summed E-state index contributed by atoms with van der Waals surface area (Å²) in [6, 6.07) is 18.8. The second kappa shape index (κ2) is 10.9. The average Bonchev–Trinajstić information content (AvgIpc) is 3.31. The lowest BCUT2D eigenvalue weighted by Gasteiger charge is -2.28. The van der Waals surface area contributed by atoms with Crippen LogP contribution in [0.2, 0.25) is 0 Å². The van der Waals surface area contributed by atoms with Crippen LogP contribution in [-0.4, -0.2) is 41.8 Å². The van der Waals surface area contributed by atoms with Crippen LogP contribution in [0.1, 0.15) is 11.1 Å². The number of hydrogen-bond acceptors (Lipinski definition) is 5. The number of aromatic nitrogens is 2. The molecule has 1 aliphatic heterocycles. The lowest BCUT2D eigenvalue weighted by molar-refractivity contribution is -0.121. The quantitative estimate of drug-likeness (QED) is 0.365. The van der Waals surface area contributed by atoms with Gasteiger partial charge < -0.3 is 19.5 Å². The first kappa shape index (κ1) is 23.4. The van der Waals surface area contributed by atoms with Crippen molar-refractivity contribution in [3.05, 3.63) is 90.0 Å². The summed E-state index contributed by atoms with van der Waals surface area (Å²) in [5.74, 6) is 0.416. The minimum absolute atomic E-state index is 0.0444. The van der Waals surface area contributed by atoms with Gasteiger partial charge in [-0.25, -0.2) is 9.37 Å². The van der Waals surface area contributed by atoms with Gasteiger partial charge in [0, 0.05) is 48.9 Å². The Morgan fingerprint density at radius 3 is 2.51 bits per heavy atom. The molecule has 0 spiro atoms. The minimum Gasteiger partial charge on any atom is -0.378 e. The Morgan fingerprint density at radius 1 is 1.00 bits per heavy atom. The van der Waals surface area contributed by atoms with Gasteiger partial charge in [0.15, 0.2) is 0 Å². The summed E-state index contributed by atoms with van der Waals surface area (Å²) >= 11 is 1.60. The third-order valence-electron chi connectivity index (χ3n) is 6.07. The van der Waals surface area contributed by atoms with Crippen LogP contribution < -0.4 is 10.2 Å². The van der Waals surface area contributed by atoms with Gasteiger partial charge in [-0.3, -0.25) is 4.79 Å². The van der Waals surface area contributed by atoms with Crippen molar-refractivity contribution in [2.24, 2.45) is 0 Å². The molecule has 2 aromatic heterocycles. The van der Waals surface area contributed by atoms with Crippen LogP contribution in [0.3, 0.4) is 0 Å². The van der Waals surface area contributed by atoms with Crippen molar-refractivity contribution in [1.82, 2.24) is 14.9 Å². The highest BCUT2D eigenvalue weighted by Crippen LogP contribution is 2.29. The van der Waals surface area contributed by atoms with E-state index in [1.54, 1.807) is 30.1 Å². The summed E-state index contributed by atoms with van der Waals surface area (Å²) in [7, 11) is 0. The Labute approximate surface area is 208 Å². The van der Waals surface area contributed by atoms with Crippen molar-refractivity contribution in [2.75, 3.05) is 31.2 Å². The van der Waals surface area contributed by atoms with Crippen molar-refractivity contribution in [1.29, 1.82) is 0 Å². The molecule has 6 nitrogen and oxygen atoms in total. The number of carbonyl (C=O) groups is 1. The average molecular weight is 491 g/mol. The van der Waals surface area contributed by atoms with E-state index >= 15 is 0 Å². The predicted octanol–water partition coefficient (Wildman–Crippen LogP) is 4.62. The summed E-state index contributed by atoms with van der Waals surface area (Å²) in [6.45, 7) is 4.06. The van der Waals surface area contributed by atoms with E-state index in [2.05, 4.69) is 39.5 Å². The smallest absolute Gasteiger partial charge is 0.240 e. The molecular formula is C27H27FN4O2S. The Hall–Kier alpha value is -3.36. The van der Waals surface area contributed by atoms with E-state index in [-0.39, 0.29) is 18.3 Å². The molecule has 8 heteroatoms. The van der Waals surface area contributed by atoms with Crippen LogP contribution in [0.25, 0.3) is 10.9 Å². The minimum atomic E-state index is -0.237. The Balaban J connectivity index is 1.17. The van der Waals surface area contributed by atoms with Gasteiger partial charge in [-0.2, -0.15) is 0 Å². The molecule has 0 aliphatic carbocycles. The van der Waals surface area contributed by atoms with E-state index in [9.17, 15) is 9.18 Å². The fourth-order valence-corrected chi connectivity index (χ4v) is 5.10. The maximum Gasteiger partial charge on any atom is 0.240 e. The molecule has 0 saturated carbocycles. The van der Waals surface area contributed by atoms with Crippen molar-refractivity contribution in [3.63, 3.8) is 0 Å². The first-order chi connectivity index (χ1) is 17.2. The third kappa shape index (κ3) is 5.83. The molecule has 5 rings (SSSR count). The SMILES string of the molecule is O=C(Cn1ccc2c(SCc3ccc(F)cc3)nccc21)NCc1ccc(N2CCOCC2)cc1. The van der Waals surface area contributed by atoms with Crippen LogP contribution in [0, 0.1) is 5.82 Å². The van der Waals surface area contributed by atoms with Gasteiger partial charge in [-0.1, -0.05) is 24.3 Å². The van der Waals surface area contributed by atoms with Crippen molar-refractivity contribution < 1.29 is 13.9 Å². The zero-order chi connectivity index (χ0) is 24.0. The third-order valence-corrected chi connectivity index (χ3v) is 7.14. The molecule has 4 aromatic rings. The maximum atomic E-state index is 13.1. The monoisotopic (exact) mass is 490 g/mol. The summed E-state index contributed by atoms with van der Waals surface area (Å²) in [6.07, 6.45) is 3.69. The van der Waals surface area contributed by atoms with Gasteiger partial charge in [-0.05, 0) is 47.5 Å². The molecule has 1 amide bonds. The van der Waals surface area contributed by atoms with Crippen LogP contribution in [0.15, 0.2) is 78.1 Å². The van der Waals surface area contributed by atoms with Gasteiger partial charge >= 0.3 is 0 Å². The lowest BCUT2D eigenvalue weighted by Crippen LogP contribution is -2.36. The Kier molecular flexibility index (Phi) is 7.30. The van der Waals surface area contributed by atoms with E-state index in [1.807, 2.05) is 22.9 Å². The topological polar surface area (TPSA) is 59.4 Å². The number of ether oxygens (including phenoxy) is 1. The maximum absolute atomic E-state index is 13.1. The molecule has 0 bridgehead atoms. The highest BCUT2D eigenvalue weighted by atomic mass is 32.2. The van der Waals surface area contributed by atoms with Crippen LogP contribution in [0.4, 0.5) is 10.1 Å². The van der Waals surface area contributed by atoms with E-state index in [0.717, 1.165) is 53.4 Å². The van der Waals surface area contributed by atoms with Crippen LogP contribution in [0.5, 0.6) is 0 Å². The first-order valence-electron chi connectivity index (χ1n) is 11.7. The number of rotatable bonds is 8. The highest BCUT2D eigenvalue weighted by Gasteiger charge is 2.12. The molecule has 0 radical (unpaired) electrons. The van der Waals surface area contributed by atoms with E-state index in [1.165, 1.54) is 17.8 Å². The van der Waals surface area contributed by atoms with Crippen molar-refractivity contribution >= 4 is 34.3 Å². The number of fused-ring (bicyclic) bond motifs is 1. The van der Waals surface area contributed by atoms with E-state index in [0.29, 0.717) is 12.3 Å². The number of thioether (sulfide) groups is 1. The van der Waals surface area contributed by atoms with Gasteiger partial charge in [0.1, 0.15) is 17.4 Å². The van der Waals surface area contributed by atoms with Crippen LogP contribution in [-0.2, 0) is 28.4 Å². The van der Waals surface area contributed by atoms with E-state index < -0.39 is 0 Å². The molecule has 35 heavy (non-hydrogen) atoms. The van der Waals surface area contributed by atoms with Gasteiger partial charge in [0.2, 0.25) is 5.91 Å². The number of carbonyl (C=O) groups excluding carboxylic acids is 1. The van der Waals surface area contributed by atoms with Crippen LogP contribution >= 0.6 is 11.8 Å². The fraction of sp³-hybridized carbons (Fsp3) is 0.259. The zero-order valence-electron chi connectivity index (χ0n) is 19.3. The second-order valence-corrected chi connectivity index (χ2v) is 9.41. The number of anilines is 1. The summed E-state index contributed by atoms with van der Waals surface area (Å²) < 4.78 is 20.5. The normalized spacial score (nSPS) is 13.8. The second-order valence-electron chi connectivity index (χ2n) is 8.45. The molecule has 1 saturated heterocycles. The summed E-state index contributed by atoms with van der Waals surface area (Å²) in [5, 5.41) is 4.92. The Morgan fingerprint density at radius 2 is 1.74 bits per heavy atom. The fourth-order valence-electron chi connectivity index (χ4n) is 4.14. The number of morpholine rings is 1. The molecule has 0 unspecified atom stereocenters. The summed E-state index contributed by atoms with van der Waals surface area (Å²) in [5.41, 5.74) is 4.25. The number of hydrogen-bond donors (Lipinski definition) is 1. The molecular weight excluding hydrogens is 463 g/mol. The number of nitrogens with one attached hydrogen (secondary N) is 1. The lowest BCUT2D eigenvalue weighted by atomic mass is 10.2. The number of halogens is 1. The van der Waals surface area contributed by atoms with Crippen molar-refractivity contribution in [3.8, 4) is 0 Å². The first-order valence-corrected chi connectivity index (χ1v) is 12.6. The van der Waals surface area contributed by atoms with Gasteiger partial charge in [0.25, 0.3) is 0 Å². The zero-order valence-corrected chi connectivity index (χ0v) is 20.1. The number of pyridine rings is 1. The molecule has 0 atom stereocenters. The van der Waals surface area contributed by atoms with Crippen molar-refractivity contribution in [2.45, 2.75) is 23.9 Å². The molecule has 1 N–H and O–H groups in total. The standard InChI is InChI=1S/C27H27FN4O2S/c28-22-5-1-21(2-6-22)19-35-27-24-10-12-32(25(24)9-11-29-27)18-26(33)30-17-20-3-7-23(8-4-20)31-13-15-34-16-14-31/h1-12H,13-19H2,(H,30,33). The predicted molar refractivity (Wildman–Crippen MR) is 137 cm³/mol.